The van der Waals surface area contributed by atoms with Crippen molar-refractivity contribution in [3.8, 4) is 0 Å². The van der Waals surface area contributed by atoms with Crippen LogP contribution in [0.25, 0.3) is 0 Å². The van der Waals surface area contributed by atoms with E-state index in [2.05, 4.69) is 17.4 Å². The highest BCUT2D eigenvalue weighted by Gasteiger charge is 2.11. The van der Waals surface area contributed by atoms with Crippen molar-refractivity contribution in [3.05, 3.63) is 34.9 Å². The summed E-state index contributed by atoms with van der Waals surface area (Å²) in [5.41, 5.74) is 8.64. The molecule has 1 aliphatic rings. The Hall–Kier alpha value is -1.84. The van der Waals surface area contributed by atoms with Gasteiger partial charge in [-0.05, 0) is 42.4 Å². The van der Waals surface area contributed by atoms with Crippen LogP contribution >= 0.6 is 0 Å². The van der Waals surface area contributed by atoms with Crippen molar-refractivity contribution in [1.82, 2.24) is 5.32 Å². The molecular weight excluding hydrogens is 216 g/mol. The molecule has 0 aliphatic heterocycles. The molecule has 90 valence electrons. The van der Waals surface area contributed by atoms with Gasteiger partial charge in [0.2, 0.25) is 0 Å². The summed E-state index contributed by atoms with van der Waals surface area (Å²) in [5, 5.41) is 2.49. The van der Waals surface area contributed by atoms with E-state index in [0.717, 1.165) is 18.4 Å². The summed E-state index contributed by atoms with van der Waals surface area (Å²) in [5.74, 6) is -1.68. The number of nitrogens with one attached hydrogen (secondary N) is 1. The summed E-state index contributed by atoms with van der Waals surface area (Å²) >= 11 is 0. The summed E-state index contributed by atoms with van der Waals surface area (Å²) in [6.07, 6.45) is 4.73. The standard InChI is InChI=1S/C13H16N2O2/c14-12(16)13(17)15-8-9-5-6-10-3-1-2-4-11(10)7-9/h5-7H,1-4,8H2,(H2,14,16)(H,15,17). The Morgan fingerprint density at radius 3 is 2.59 bits per heavy atom. The van der Waals surface area contributed by atoms with Gasteiger partial charge in [-0.3, -0.25) is 9.59 Å². The van der Waals surface area contributed by atoms with Gasteiger partial charge >= 0.3 is 11.8 Å². The van der Waals surface area contributed by atoms with Crippen molar-refractivity contribution < 1.29 is 9.59 Å². The van der Waals surface area contributed by atoms with Crippen molar-refractivity contribution in [1.29, 1.82) is 0 Å². The number of aryl methyl sites for hydroxylation is 2. The first-order chi connectivity index (χ1) is 8.16. The topological polar surface area (TPSA) is 72.2 Å². The molecule has 2 rings (SSSR count). The molecule has 0 bridgehead atoms. The van der Waals surface area contributed by atoms with Crippen LogP contribution in [-0.4, -0.2) is 11.8 Å². The first-order valence-corrected chi connectivity index (χ1v) is 5.85. The number of primary amides is 1. The highest BCUT2D eigenvalue weighted by molar-refractivity contribution is 6.34. The molecule has 0 saturated heterocycles. The second kappa shape index (κ2) is 4.99. The van der Waals surface area contributed by atoms with Crippen LogP contribution < -0.4 is 11.1 Å². The molecule has 0 aromatic heterocycles. The summed E-state index contributed by atoms with van der Waals surface area (Å²) in [7, 11) is 0. The van der Waals surface area contributed by atoms with Gasteiger partial charge in [0.05, 0.1) is 0 Å². The third-order valence-electron chi connectivity index (χ3n) is 3.09. The van der Waals surface area contributed by atoms with Gasteiger partial charge in [-0.15, -0.1) is 0 Å². The predicted octanol–water partition coefficient (Wildman–Crippen LogP) is 0.667. The minimum Gasteiger partial charge on any atom is -0.361 e. The smallest absolute Gasteiger partial charge is 0.309 e. The van der Waals surface area contributed by atoms with Gasteiger partial charge in [0, 0.05) is 6.54 Å². The average Bonchev–Trinajstić information content (AvgIpc) is 2.35. The van der Waals surface area contributed by atoms with Crippen LogP contribution in [0, 0.1) is 0 Å². The fourth-order valence-electron chi connectivity index (χ4n) is 2.17. The summed E-state index contributed by atoms with van der Waals surface area (Å²) < 4.78 is 0. The molecule has 0 unspecified atom stereocenters. The van der Waals surface area contributed by atoms with Crippen LogP contribution in [0.4, 0.5) is 0 Å². The highest BCUT2D eigenvalue weighted by Crippen LogP contribution is 2.22. The number of carbonyl (C=O) groups excluding carboxylic acids is 2. The van der Waals surface area contributed by atoms with Gasteiger partial charge in [-0.2, -0.15) is 0 Å². The Bertz CT molecular complexity index is 455. The molecule has 0 radical (unpaired) electrons. The van der Waals surface area contributed by atoms with E-state index in [0.29, 0.717) is 6.54 Å². The predicted molar refractivity (Wildman–Crippen MR) is 64.1 cm³/mol. The number of amides is 2. The fraction of sp³-hybridized carbons (Fsp3) is 0.385. The largest absolute Gasteiger partial charge is 0.361 e. The van der Waals surface area contributed by atoms with Crippen molar-refractivity contribution in [2.24, 2.45) is 5.73 Å². The van der Waals surface area contributed by atoms with Gasteiger partial charge in [0.15, 0.2) is 0 Å². The van der Waals surface area contributed by atoms with Gasteiger partial charge in [0.25, 0.3) is 0 Å². The number of rotatable bonds is 2. The first kappa shape index (κ1) is 11.6. The molecule has 1 aromatic rings. The molecule has 4 heteroatoms. The fourth-order valence-corrected chi connectivity index (χ4v) is 2.17. The SMILES string of the molecule is NC(=O)C(=O)NCc1ccc2c(c1)CCCC2. The van der Waals surface area contributed by atoms with Crippen LogP contribution in [0.5, 0.6) is 0 Å². The monoisotopic (exact) mass is 232 g/mol. The third kappa shape index (κ3) is 2.84. The molecule has 0 atom stereocenters. The van der Waals surface area contributed by atoms with Crippen LogP contribution in [0.3, 0.4) is 0 Å². The van der Waals surface area contributed by atoms with Crippen molar-refractivity contribution in [3.63, 3.8) is 0 Å². The maximum atomic E-state index is 11.0. The Kier molecular flexibility index (Phi) is 3.42. The molecule has 3 N–H and O–H groups in total. The number of hydrogen-bond acceptors (Lipinski definition) is 2. The quantitative estimate of drug-likeness (QED) is 0.735. The molecule has 1 aromatic carbocycles. The van der Waals surface area contributed by atoms with Crippen LogP contribution in [-0.2, 0) is 29.0 Å². The Morgan fingerprint density at radius 2 is 1.88 bits per heavy atom. The molecule has 2 amide bonds. The Morgan fingerprint density at radius 1 is 1.18 bits per heavy atom. The second-order valence-corrected chi connectivity index (χ2v) is 4.36. The van der Waals surface area contributed by atoms with Crippen LogP contribution in [0.15, 0.2) is 18.2 Å². The lowest BCUT2D eigenvalue weighted by Gasteiger charge is -2.16. The minimum absolute atomic E-state index is 0.356. The van der Waals surface area contributed by atoms with Crippen molar-refractivity contribution >= 4 is 11.8 Å². The number of benzene rings is 1. The lowest BCUT2D eigenvalue weighted by atomic mass is 9.90. The molecular formula is C13H16N2O2. The number of hydrogen-bond donors (Lipinski definition) is 2. The van der Waals surface area contributed by atoms with E-state index in [-0.39, 0.29) is 0 Å². The Balaban J connectivity index is 2.02. The summed E-state index contributed by atoms with van der Waals surface area (Å²) in [6, 6.07) is 6.21. The number of nitrogens with two attached hydrogens (primary N) is 1. The van der Waals surface area contributed by atoms with Gasteiger partial charge in [-0.1, -0.05) is 18.2 Å². The molecule has 0 saturated carbocycles. The zero-order valence-corrected chi connectivity index (χ0v) is 9.66. The van der Waals surface area contributed by atoms with E-state index >= 15 is 0 Å². The maximum Gasteiger partial charge on any atom is 0.309 e. The molecule has 1 aliphatic carbocycles. The molecule has 0 spiro atoms. The van der Waals surface area contributed by atoms with E-state index in [4.69, 9.17) is 5.73 Å². The molecule has 17 heavy (non-hydrogen) atoms. The number of carbonyl (C=O) groups is 2. The normalized spacial score (nSPS) is 13.9. The highest BCUT2D eigenvalue weighted by atomic mass is 16.2. The molecule has 0 heterocycles. The van der Waals surface area contributed by atoms with Crippen molar-refractivity contribution in [2.45, 2.75) is 32.2 Å². The average molecular weight is 232 g/mol. The van der Waals surface area contributed by atoms with Gasteiger partial charge < -0.3 is 11.1 Å². The van der Waals surface area contributed by atoms with Gasteiger partial charge in [-0.25, -0.2) is 0 Å². The third-order valence-corrected chi connectivity index (χ3v) is 3.09. The Labute approximate surface area is 100 Å². The first-order valence-electron chi connectivity index (χ1n) is 5.85. The van der Waals surface area contributed by atoms with E-state index in [1.54, 1.807) is 0 Å². The maximum absolute atomic E-state index is 11.0. The summed E-state index contributed by atoms with van der Waals surface area (Å²) in [6.45, 7) is 0.356. The van der Waals surface area contributed by atoms with Crippen LogP contribution in [0.1, 0.15) is 29.5 Å². The van der Waals surface area contributed by atoms with Crippen molar-refractivity contribution in [2.75, 3.05) is 0 Å². The van der Waals surface area contributed by atoms with E-state index in [1.807, 2.05) is 6.07 Å². The van der Waals surface area contributed by atoms with E-state index in [9.17, 15) is 9.59 Å². The minimum atomic E-state index is -0.942. The second-order valence-electron chi connectivity index (χ2n) is 4.36. The van der Waals surface area contributed by atoms with Gasteiger partial charge in [0.1, 0.15) is 0 Å². The van der Waals surface area contributed by atoms with E-state index < -0.39 is 11.8 Å². The number of fused-ring (bicyclic) bond motifs is 1. The zero-order chi connectivity index (χ0) is 12.3. The molecule has 0 fully saturated rings. The lowest BCUT2D eigenvalue weighted by molar-refractivity contribution is -0.137. The van der Waals surface area contributed by atoms with Crippen LogP contribution in [0.2, 0.25) is 0 Å². The van der Waals surface area contributed by atoms with E-state index in [1.165, 1.54) is 24.0 Å². The zero-order valence-electron chi connectivity index (χ0n) is 9.66. The molecule has 4 nitrogen and oxygen atoms in total. The summed E-state index contributed by atoms with van der Waals surface area (Å²) in [4.78, 5) is 21.6. The lowest BCUT2D eigenvalue weighted by Crippen LogP contribution is -2.35.